The third kappa shape index (κ3) is 5.29. The Balaban J connectivity index is 1.31. The Morgan fingerprint density at radius 1 is 0.875 bits per heavy atom. The number of amides is 1. The SMILES string of the molecule is CC(OC(=O)c1ccc2ccccc2n1)C(=O)Nc1ccc(OCc2ccccc2)cc1. The van der Waals surface area contributed by atoms with Gasteiger partial charge in [0.25, 0.3) is 5.91 Å². The predicted octanol–water partition coefficient (Wildman–Crippen LogP) is 5.00. The summed E-state index contributed by atoms with van der Waals surface area (Å²) in [5, 5.41) is 3.66. The van der Waals surface area contributed by atoms with Crippen LogP contribution in [0.15, 0.2) is 91.0 Å². The second kappa shape index (κ2) is 9.75. The molecule has 0 aliphatic carbocycles. The van der Waals surface area contributed by atoms with Crippen molar-refractivity contribution in [2.24, 2.45) is 0 Å². The maximum Gasteiger partial charge on any atom is 0.357 e. The molecule has 1 N–H and O–H groups in total. The van der Waals surface area contributed by atoms with Crippen molar-refractivity contribution >= 4 is 28.5 Å². The molecule has 0 radical (unpaired) electrons. The highest BCUT2D eigenvalue weighted by molar-refractivity contribution is 5.97. The van der Waals surface area contributed by atoms with Crippen LogP contribution in [-0.2, 0) is 16.1 Å². The minimum atomic E-state index is -0.982. The first-order chi connectivity index (χ1) is 15.6. The summed E-state index contributed by atoms with van der Waals surface area (Å²) in [4.78, 5) is 29.2. The van der Waals surface area contributed by atoms with Gasteiger partial charge >= 0.3 is 5.97 Å². The molecule has 0 bridgehead atoms. The molecule has 1 atom stereocenters. The van der Waals surface area contributed by atoms with Crippen LogP contribution >= 0.6 is 0 Å². The number of fused-ring (bicyclic) bond motifs is 1. The molecule has 6 heteroatoms. The molecule has 0 aliphatic heterocycles. The monoisotopic (exact) mass is 426 g/mol. The maximum absolute atomic E-state index is 12.4. The first kappa shape index (κ1) is 21.1. The highest BCUT2D eigenvalue weighted by Crippen LogP contribution is 2.18. The lowest BCUT2D eigenvalue weighted by atomic mass is 10.2. The van der Waals surface area contributed by atoms with Crippen LogP contribution in [0.3, 0.4) is 0 Å². The van der Waals surface area contributed by atoms with E-state index in [1.807, 2.05) is 54.6 Å². The van der Waals surface area contributed by atoms with Gasteiger partial charge in [-0.05, 0) is 48.9 Å². The fraction of sp³-hybridized carbons (Fsp3) is 0.115. The highest BCUT2D eigenvalue weighted by Gasteiger charge is 2.20. The van der Waals surface area contributed by atoms with Gasteiger partial charge in [-0.2, -0.15) is 0 Å². The Hall–Kier alpha value is -4.19. The van der Waals surface area contributed by atoms with Gasteiger partial charge in [-0.1, -0.05) is 54.6 Å². The zero-order valence-electron chi connectivity index (χ0n) is 17.5. The van der Waals surface area contributed by atoms with Gasteiger partial charge in [-0.25, -0.2) is 9.78 Å². The first-order valence-electron chi connectivity index (χ1n) is 10.2. The molecule has 0 saturated heterocycles. The average molecular weight is 426 g/mol. The molecule has 1 aromatic heterocycles. The van der Waals surface area contributed by atoms with Crippen molar-refractivity contribution in [3.63, 3.8) is 0 Å². The Bertz CT molecular complexity index is 1220. The number of para-hydroxylation sites is 1. The molecule has 6 nitrogen and oxygen atoms in total. The van der Waals surface area contributed by atoms with E-state index in [2.05, 4.69) is 10.3 Å². The molecular formula is C26H22N2O4. The van der Waals surface area contributed by atoms with Crippen molar-refractivity contribution in [1.82, 2.24) is 4.98 Å². The molecule has 0 saturated carbocycles. The zero-order chi connectivity index (χ0) is 22.3. The van der Waals surface area contributed by atoms with Gasteiger partial charge in [0.05, 0.1) is 5.52 Å². The number of ether oxygens (including phenoxy) is 2. The van der Waals surface area contributed by atoms with E-state index in [1.165, 1.54) is 6.92 Å². The van der Waals surface area contributed by atoms with Gasteiger partial charge in [0.1, 0.15) is 18.1 Å². The molecule has 3 aromatic carbocycles. The summed E-state index contributed by atoms with van der Waals surface area (Å²) < 4.78 is 11.0. The molecule has 0 aliphatic rings. The van der Waals surface area contributed by atoms with Crippen LogP contribution in [0, 0.1) is 0 Å². The summed E-state index contributed by atoms with van der Waals surface area (Å²) in [6, 6.07) is 27.7. The summed E-state index contributed by atoms with van der Waals surface area (Å²) in [6.45, 7) is 1.98. The van der Waals surface area contributed by atoms with Gasteiger partial charge in [0.15, 0.2) is 6.10 Å². The van der Waals surface area contributed by atoms with Crippen LogP contribution in [0.1, 0.15) is 23.0 Å². The van der Waals surface area contributed by atoms with E-state index in [0.717, 1.165) is 10.9 Å². The normalized spacial score (nSPS) is 11.5. The Labute approximate surface area is 185 Å². The number of esters is 1. The summed E-state index contributed by atoms with van der Waals surface area (Å²) in [5.74, 6) is -0.395. The van der Waals surface area contributed by atoms with Crippen LogP contribution in [0.5, 0.6) is 5.75 Å². The molecule has 0 fully saturated rings. The predicted molar refractivity (Wildman–Crippen MR) is 122 cm³/mol. The Morgan fingerprint density at radius 3 is 2.38 bits per heavy atom. The summed E-state index contributed by atoms with van der Waals surface area (Å²) in [6.07, 6.45) is -0.982. The lowest BCUT2D eigenvalue weighted by molar-refractivity contribution is -0.123. The number of pyridine rings is 1. The lowest BCUT2D eigenvalue weighted by Crippen LogP contribution is -2.30. The quantitative estimate of drug-likeness (QED) is 0.421. The summed E-state index contributed by atoms with van der Waals surface area (Å²) in [7, 11) is 0. The number of benzene rings is 3. The number of nitrogens with zero attached hydrogens (tertiary/aromatic N) is 1. The lowest BCUT2D eigenvalue weighted by Gasteiger charge is -2.14. The molecule has 1 amide bonds. The van der Waals surface area contributed by atoms with Gasteiger partial charge in [-0.15, -0.1) is 0 Å². The molecule has 4 rings (SSSR count). The first-order valence-corrected chi connectivity index (χ1v) is 10.2. The van der Waals surface area contributed by atoms with Gasteiger partial charge in [0.2, 0.25) is 0 Å². The third-order valence-corrected chi connectivity index (χ3v) is 4.83. The van der Waals surface area contributed by atoms with E-state index in [-0.39, 0.29) is 5.69 Å². The van der Waals surface area contributed by atoms with E-state index in [1.54, 1.807) is 36.4 Å². The van der Waals surface area contributed by atoms with E-state index >= 15 is 0 Å². The van der Waals surface area contributed by atoms with Crippen molar-refractivity contribution in [3.8, 4) is 5.75 Å². The fourth-order valence-electron chi connectivity index (χ4n) is 3.07. The topological polar surface area (TPSA) is 77.5 Å². The van der Waals surface area contributed by atoms with Gasteiger partial charge in [-0.3, -0.25) is 4.79 Å². The molecule has 1 heterocycles. The van der Waals surface area contributed by atoms with Gasteiger partial charge in [0, 0.05) is 11.1 Å². The molecule has 0 spiro atoms. The van der Waals surface area contributed by atoms with Crippen LogP contribution in [0.2, 0.25) is 0 Å². The van der Waals surface area contributed by atoms with Crippen molar-refractivity contribution in [2.75, 3.05) is 5.32 Å². The second-order valence-electron chi connectivity index (χ2n) is 7.22. The van der Waals surface area contributed by atoms with Crippen LogP contribution in [0.4, 0.5) is 5.69 Å². The molecule has 4 aromatic rings. The Morgan fingerprint density at radius 2 is 1.59 bits per heavy atom. The summed E-state index contributed by atoms with van der Waals surface area (Å²) in [5.41, 5.74) is 2.49. The minimum Gasteiger partial charge on any atom is -0.489 e. The maximum atomic E-state index is 12.4. The highest BCUT2D eigenvalue weighted by atomic mass is 16.5. The fourth-order valence-corrected chi connectivity index (χ4v) is 3.07. The molecule has 1 unspecified atom stereocenters. The van der Waals surface area contributed by atoms with Crippen LogP contribution in [0.25, 0.3) is 10.9 Å². The third-order valence-electron chi connectivity index (χ3n) is 4.83. The molecular weight excluding hydrogens is 404 g/mol. The number of carbonyl (C=O) groups is 2. The molecule has 160 valence electrons. The van der Waals surface area contributed by atoms with Crippen molar-refractivity contribution in [2.45, 2.75) is 19.6 Å². The number of anilines is 1. The second-order valence-corrected chi connectivity index (χ2v) is 7.22. The number of aromatic nitrogens is 1. The van der Waals surface area contributed by atoms with Gasteiger partial charge < -0.3 is 14.8 Å². The minimum absolute atomic E-state index is 0.156. The van der Waals surface area contributed by atoms with E-state index in [9.17, 15) is 9.59 Å². The van der Waals surface area contributed by atoms with E-state index in [4.69, 9.17) is 9.47 Å². The van der Waals surface area contributed by atoms with Crippen LogP contribution in [-0.4, -0.2) is 23.0 Å². The van der Waals surface area contributed by atoms with E-state index in [0.29, 0.717) is 23.6 Å². The zero-order valence-corrected chi connectivity index (χ0v) is 17.5. The van der Waals surface area contributed by atoms with Crippen molar-refractivity contribution in [1.29, 1.82) is 0 Å². The number of rotatable bonds is 7. The average Bonchev–Trinajstić information content (AvgIpc) is 2.84. The molecule has 32 heavy (non-hydrogen) atoms. The van der Waals surface area contributed by atoms with Crippen molar-refractivity contribution in [3.05, 3.63) is 102 Å². The largest absolute Gasteiger partial charge is 0.489 e. The smallest absolute Gasteiger partial charge is 0.357 e. The number of nitrogens with one attached hydrogen (secondary N) is 1. The van der Waals surface area contributed by atoms with Crippen LogP contribution < -0.4 is 10.1 Å². The number of hydrogen-bond donors (Lipinski definition) is 1. The van der Waals surface area contributed by atoms with Crippen molar-refractivity contribution < 1.29 is 19.1 Å². The summed E-state index contributed by atoms with van der Waals surface area (Å²) >= 11 is 0. The Kier molecular flexibility index (Phi) is 6.41. The standard InChI is InChI=1S/C26H22N2O4/c1-18(32-26(30)24-16-11-20-9-5-6-10-23(20)28-24)25(29)27-21-12-14-22(15-13-21)31-17-19-7-3-2-4-8-19/h2-16,18H,17H2,1H3,(H,27,29). The number of hydrogen-bond acceptors (Lipinski definition) is 5. The number of carbonyl (C=O) groups excluding carboxylic acids is 2. The van der Waals surface area contributed by atoms with E-state index < -0.39 is 18.0 Å².